The van der Waals surface area contributed by atoms with Gasteiger partial charge in [-0.1, -0.05) is 43.3 Å². The molecule has 3 N–H and O–H groups in total. The minimum atomic E-state index is -0.171. The number of hydrogen-bond acceptors (Lipinski definition) is 4. The van der Waals surface area contributed by atoms with E-state index in [0.717, 1.165) is 18.5 Å². The van der Waals surface area contributed by atoms with Crippen LogP contribution in [0.4, 0.5) is 11.4 Å². The van der Waals surface area contributed by atoms with E-state index in [1.807, 2.05) is 56.3 Å². The monoisotopic (exact) mass is 445 g/mol. The number of nitrogens with one attached hydrogen (secondary N) is 3. The Kier molecular flexibility index (Phi) is 8.88. The van der Waals surface area contributed by atoms with Gasteiger partial charge in [-0.15, -0.1) is 0 Å². The fraction of sp³-hybridized carbons (Fsp3) is 0.259. The zero-order valence-electron chi connectivity index (χ0n) is 19.1. The highest BCUT2D eigenvalue weighted by molar-refractivity contribution is 5.95. The van der Waals surface area contributed by atoms with Crippen molar-refractivity contribution in [2.45, 2.75) is 32.7 Å². The molecule has 0 heterocycles. The molecule has 6 nitrogen and oxygen atoms in total. The van der Waals surface area contributed by atoms with Gasteiger partial charge in [0, 0.05) is 35.5 Å². The molecule has 0 bridgehead atoms. The number of carbonyl (C=O) groups is 2. The predicted molar refractivity (Wildman–Crippen MR) is 133 cm³/mol. The third-order valence-corrected chi connectivity index (χ3v) is 5.21. The van der Waals surface area contributed by atoms with E-state index in [1.165, 1.54) is 5.56 Å². The van der Waals surface area contributed by atoms with E-state index in [1.54, 1.807) is 24.3 Å². The summed E-state index contributed by atoms with van der Waals surface area (Å²) in [6.07, 6.45) is 1.70. The van der Waals surface area contributed by atoms with Crippen molar-refractivity contribution in [2.75, 3.05) is 23.8 Å². The molecule has 3 aromatic carbocycles. The van der Waals surface area contributed by atoms with Gasteiger partial charge in [0.05, 0.1) is 13.2 Å². The average molecular weight is 446 g/mol. The van der Waals surface area contributed by atoms with Crippen molar-refractivity contribution in [1.82, 2.24) is 5.32 Å². The molecule has 0 aliphatic heterocycles. The Morgan fingerprint density at radius 1 is 0.909 bits per heavy atom. The molecular weight excluding hydrogens is 414 g/mol. The van der Waals surface area contributed by atoms with E-state index in [4.69, 9.17) is 4.74 Å². The topological polar surface area (TPSA) is 79.5 Å². The number of hydrogen-bond donors (Lipinski definition) is 3. The first-order valence-corrected chi connectivity index (χ1v) is 11.2. The lowest BCUT2D eigenvalue weighted by Gasteiger charge is -2.12. The normalized spacial score (nSPS) is 11.3. The van der Waals surface area contributed by atoms with Crippen molar-refractivity contribution in [1.29, 1.82) is 0 Å². The zero-order valence-corrected chi connectivity index (χ0v) is 19.1. The van der Waals surface area contributed by atoms with Crippen LogP contribution in [0, 0.1) is 0 Å². The molecule has 2 amide bonds. The minimum absolute atomic E-state index is 0.0977. The quantitative estimate of drug-likeness (QED) is 0.393. The van der Waals surface area contributed by atoms with E-state index in [0.29, 0.717) is 23.6 Å². The lowest BCUT2D eigenvalue weighted by Crippen LogP contribution is -2.31. The molecule has 0 saturated carbocycles. The Hall–Kier alpha value is -3.80. The van der Waals surface area contributed by atoms with Gasteiger partial charge in [-0.25, -0.2) is 0 Å². The molecule has 0 fully saturated rings. The van der Waals surface area contributed by atoms with Crippen LogP contribution in [-0.2, 0) is 11.2 Å². The van der Waals surface area contributed by atoms with Crippen molar-refractivity contribution in [3.63, 3.8) is 0 Å². The average Bonchev–Trinajstić information content (AvgIpc) is 2.84. The van der Waals surface area contributed by atoms with Crippen LogP contribution in [0.3, 0.4) is 0 Å². The van der Waals surface area contributed by atoms with Crippen LogP contribution >= 0.6 is 0 Å². The standard InChI is InChI=1S/C27H31N3O3/c1-3-20(2)29-27(32)22-12-14-23(15-13-22)28-19-26(31)30-24-10-7-11-25(18-24)33-17-16-21-8-5-4-6-9-21/h4-15,18,20,28H,3,16-17,19H2,1-2H3,(H,29,32)(H,30,31). The Balaban J connectivity index is 1.44. The highest BCUT2D eigenvalue weighted by Crippen LogP contribution is 2.18. The fourth-order valence-corrected chi connectivity index (χ4v) is 3.13. The van der Waals surface area contributed by atoms with Gasteiger partial charge in [-0.2, -0.15) is 0 Å². The van der Waals surface area contributed by atoms with Gasteiger partial charge < -0.3 is 20.7 Å². The highest BCUT2D eigenvalue weighted by atomic mass is 16.5. The molecule has 1 unspecified atom stereocenters. The van der Waals surface area contributed by atoms with Gasteiger partial charge in [-0.05, 0) is 55.3 Å². The van der Waals surface area contributed by atoms with Crippen LogP contribution < -0.4 is 20.7 Å². The van der Waals surface area contributed by atoms with E-state index in [2.05, 4.69) is 28.1 Å². The van der Waals surface area contributed by atoms with E-state index in [-0.39, 0.29) is 24.4 Å². The molecule has 1 atom stereocenters. The van der Waals surface area contributed by atoms with Crippen LogP contribution in [0.5, 0.6) is 5.75 Å². The lowest BCUT2D eigenvalue weighted by molar-refractivity contribution is -0.114. The van der Waals surface area contributed by atoms with Gasteiger partial charge in [0.15, 0.2) is 0 Å². The zero-order chi connectivity index (χ0) is 23.5. The van der Waals surface area contributed by atoms with Crippen LogP contribution in [0.1, 0.15) is 36.2 Å². The summed E-state index contributed by atoms with van der Waals surface area (Å²) >= 11 is 0. The Morgan fingerprint density at radius 2 is 1.67 bits per heavy atom. The SMILES string of the molecule is CCC(C)NC(=O)c1ccc(NCC(=O)Nc2cccc(OCCc3ccccc3)c2)cc1. The van der Waals surface area contributed by atoms with Crippen molar-refractivity contribution < 1.29 is 14.3 Å². The summed E-state index contributed by atoms with van der Waals surface area (Å²) in [5, 5.41) is 8.88. The molecule has 0 aliphatic carbocycles. The number of amides is 2. The van der Waals surface area contributed by atoms with Crippen molar-refractivity contribution in [3.8, 4) is 5.75 Å². The van der Waals surface area contributed by atoms with Crippen molar-refractivity contribution >= 4 is 23.2 Å². The van der Waals surface area contributed by atoms with E-state index < -0.39 is 0 Å². The summed E-state index contributed by atoms with van der Waals surface area (Å²) in [6.45, 7) is 4.67. The van der Waals surface area contributed by atoms with Crippen LogP contribution in [-0.4, -0.2) is 31.0 Å². The van der Waals surface area contributed by atoms with E-state index >= 15 is 0 Å². The van der Waals surface area contributed by atoms with Gasteiger partial charge in [-0.3, -0.25) is 9.59 Å². The van der Waals surface area contributed by atoms with Crippen LogP contribution in [0.2, 0.25) is 0 Å². The number of rotatable bonds is 11. The lowest BCUT2D eigenvalue weighted by atomic mass is 10.1. The first-order valence-electron chi connectivity index (χ1n) is 11.2. The minimum Gasteiger partial charge on any atom is -0.493 e. The molecule has 0 saturated heterocycles. The van der Waals surface area contributed by atoms with Gasteiger partial charge in [0.25, 0.3) is 5.91 Å². The first-order chi connectivity index (χ1) is 16.0. The van der Waals surface area contributed by atoms with Crippen LogP contribution in [0.25, 0.3) is 0 Å². The predicted octanol–water partition coefficient (Wildman–Crippen LogP) is 4.89. The smallest absolute Gasteiger partial charge is 0.251 e. The molecule has 6 heteroatoms. The van der Waals surface area contributed by atoms with Crippen molar-refractivity contribution in [2.24, 2.45) is 0 Å². The maximum atomic E-state index is 12.3. The summed E-state index contributed by atoms with van der Waals surface area (Å²) in [5.74, 6) is 0.442. The second-order valence-electron chi connectivity index (χ2n) is 7.87. The largest absolute Gasteiger partial charge is 0.493 e. The highest BCUT2D eigenvalue weighted by Gasteiger charge is 2.09. The third kappa shape index (κ3) is 8.00. The maximum Gasteiger partial charge on any atom is 0.251 e. The Labute approximate surface area is 195 Å². The summed E-state index contributed by atoms with van der Waals surface area (Å²) < 4.78 is 5.82. The molecular formula is C27H31N3O3. The molecule has 0 aliphatic rings. The molecule has 0 radical (unpaired) electrons. The third-order valence-electron chi connectivity index (χ3n) is 5.21. The second kappa shape index (κ2) is 12.3. The summed E-state index contributed by atoms with van der Waals surface area (Å²) in [5.41, 5.74) is 3.26. The van der Waals surface area contributed by atoms with Gasteiger partial charge in [0.1, 0.15) is 5.75 Å². The second-order valence-corrected chi connectivity index (χ2v) is 7.87. The Bertz CT molecular complexity index is 1040. The van der Waals surface area contributed by atoms with E-state index in [9.17, 15) is 9.59 Å². The number of ether oxygens (including phenoxy) is 1. The Morgan fingerprint density at radius 3 is 2.39 bits per heavy atom. The number of benzene rings is 3. The number of carbonyl (C=O) groups excluding carboxylic acids is 2. The molecule has 0 spiro atoms. The molecule has 3 aromatic rings. The van der Waals surface area contributed by atoms with Gasteiger partial charge >= 0.3 is 0 Å². The number of anilines is 2. The summed E-state index contributed by atoms with van der Waals surface area (Å²) in [4.78, 5) is 24.5. The fourth-order valence-electron chi connectivity index (χ4n) is 3.13. The summed E-state index contributed by atoms with van der Waals surface area (Å²) in [7, 11) is 0. The maximum absolute atomic E-state index is 12.3. The molecule has 172 valence electrons. The summed E-state index contributed by atoms with van der Waals surface area (Å²) in [6, 6.07) is 24.7. The van der Waals surface area contributed by atoms with Crippen molar-refractivity contribution in [3.05, 3.63) is 90.0 Å². The molecule has 0 aromatic heterocycles. The molecule has 3 rings (SSSR count). The van der Waals surface area contributed by atoms with Gasteiger partial charge in [0.2, 0.25) is 5.91 Å². The van der Waals surface area contributed by atoms with Crippen LogP contribution in [0.15, 0.2) is 78.9 Å². The molecule has 33 heavy (non-hydrogen) atoms. The first kappa shape index (κ1) is 23.9.